The number of aryl methyl sites for hydroxylation is 1. The van der Waals surface area contributed by atoms with Crippen molar-refractivity contribution in [3.63, 3.8) is 0 Å². The highest BCUT2D eigenvalue weighted by Gasteiger charge is 2.07. The van der Waals surface area contributed by atoms with Gasteiger partial charge in [-0.05, 0) is 41.1 Å². The van der Waals surface area contributed by atoms with Crippen LogP contribution in [0.2, 0.25) is 0 Å². The molecule has 0 radical (unpaired) electrons. The summed E-state index contributed by atoms with van der Waals surface area (Å²) in [5, 5.41) is 0. The molecular weight excluding hydrogens is 306 g/mol. The SMILES string of the molecule is Cc1nc2ccccc2nc1Oc1cncc(Br)c1. The van der Waals surface area contributed by atoms with Crippen LogP contribution in [0.4, 0.5) is 0 Å². The summed E-state index contributed by atoms with van der Waals surface area (Å²) in [6.07, 6.45) is 3.34. The lowest BCUT2D eigenvalue weighted by Gasteiger charge is -2.08. The van der Waals surface area contributed by atoms with Gasteiger partial charge in [-0.1, -0.05) is 12.1 Å². The summed E-state index contributed by atoms with van der Waals surface area (Å²) >= 11 is 3.36. The third kappa shape index (κ3) is 2.56. The van der Waals surface area contributed by atoms with E-state index in [4.69, 9.17) is 4.74 Å². The van der Waals surface area contributed by atoms with Crippen LogP contribution in [0, 0.1) is 6.92 Å². The van der Waals surface area contributed by atoms with Gasteiger partial charge in [0.15, 0.2) is 0 Å². The van der Waals surface area contributed by atoms with Crippen LogP contribution in [0.3, 0.4) is 0 Å². The van der Waals surface area contributed by atoms with Gasteiger partial charge in [-0.15, -0.1) is 0 Å². The topological polar surface area (TPSA) is 47.9 Å². The largest absolute Gasteiger partial charge is 0.436 e. The van der Waals surface area contributed by atoms with Crippen molar-refractivity contribution >= 4 is 27.0 Å². The number of benzene rings is 1. The molecule has 0 aliphatic rings. The van der Waals surface area contributed by atoms with Crippen LogP contribution in [0.5, 0.6) is 11.6 Å². The van der Waals surface area contributed by atoms with E-state index in [1.807, 2.05) is 37.3 Å². The van der Waals surface area contributed by atoms with E-state index >= 15 is 0 Å². The minimum atomic E-state index is 0.499. The molecule has 19 heavy (non-hydrogen) atoms. The highest BCUT2D eigenvalue weighted by molar-refractivity contribution is 9.10. The molecule has 0 amide bonds. The van der Waals surface area contributed by atoms with Gasteiger partial charge >= 0.3 is 0 Å². The second-order valence-electron chi connectivity index (χ2n) is 4.04. The van der Waals surface area contributed by atoms with Crippen molar-refractivity contribution in [2.24, 2.45) is 0 Å². The fourth-order valence-electron chi connectivity index (χ4n) is 1.73. The Balaban J connectivity index is 2.03. The third-order valence-corrected chi connectivity index (χ3v) is 3.03. The number of halogens is 1. The predicted molar refractivity (Wildman–Crippen MR) is 76.3 cm³/mol. The second-order valence-corrected chi connectivity index (χ2v) is 4.96. The number of aromatic nitrogens is 3. The van der Waals surface area contributed by atoms with Crippen LogP contribution >= 0.6 is 15.9 Å². The number of hydrogen-bond acceptors (Lipinski definition) is 4. The minimum absolute atomic E-state index is 0.499. The van der Waals surface area contributed by atoms with Gasteiger partial charge in [0, 0.05) is 10.7 Å². The van der Waals surface area contributed by atoms with Crippen molar-refractivity contribution in [2.75, 3.05) is 0 Å². The van der Waals surface area contributed by atoms with E-state index in [0.717, 1.165) is 21.2 Å². The summed E-state index contributed by atoms with van der Waals surface area (Å²) < 4.78 is 6.59. The first-order valence-corrected chi connectivity index (χ1v) is 6.53. The molecule has 0 N–H and O–H groups in total. The Kier molecular flexibility index (Phi) is 3.13. The third-order valence-electron chi connectivity index (χ3n) is 2.60. The fraction of sp³-hybridized carbons (Fsp3) is 0.0714. The van der Waals surface area contributed by atoms with Crippen molar-refractivity contribution in [1.82, 2.24) is 15.0 Å². The van der Waals surface area contributed by atoms with Crippen LogP contribution < -0.4 is 4.74 Å². The van der Waals surface area contributed by atoms with E-state index in [1.54, 1.807) is 12.4 Å². The average molecular weight is 316 g/mol. The fourth-order valence-corrected chi connectivity index (χ4v) is 2.07. The lowest BCUT2D eigenvalue weighted by molar-refractivity contribution is 0.455. The molecule has 2 heterocycles. The quantitative estimate of drug-likeness (QED) is 0.720. The zero-order valence-corrected chi connectivity index (χ0v) is 11.8. The molecule has 0 saturated carbocycles. The maximum atomic E-state index is 5.73. The van der Waals surface area contributed by atoms with Crippen LogP contribution in [-0.4, -0.2) is 15.0 Å². The van der Waals surface area contributed by atoms with Gasteiger partial charge in [0.1, 0.15) is 11.4 Å². The number of hydrogen-bond donors (Lipinski definition) is 0. The van der Waals surface area contributed by atoms with Crippen molar-refractivity contribution in [2.45, 2.75) is 6.92 Å². The summed E-state index contributed by atoms with van der Waals surface area (Å²) in [5.41, 5.74) is 2.42. The first-order valence-electron chi connectivity index (χ1n) is 5.74. The summed E-state index contributed by atoms with van der Waals surface area (Å²) in [4.78, 5) is 13.0. The normalized spacial score (nSPS) is 10.6. The van der Waals surface area contributed by atoms with Gasteiger partial charge in [-0.2, -0.15) is 0 Å². The molecule has 2 aromatic heterocycles. The Hall–Kier alpha value is -2.01. The lowest BCUT2D eigenvalue weighted by Crippen LogP contribution is -1.95. The molecule has 5 heteroatoms. The molecule has 0 bridgehead atoms. The van der Waals surface area contributed by atoms with E-state index in [-0.39, 0.29) is 0 Å². The van der Waals surface area contributed by atoms with Gasteiger partial charge in [-0.25, -0.2) is 9.97 Å². The van der Waals surface area contributed by atoms with Crippen LogP contribution in [0.15, 0.2) is 47.2 Å². The molecule has 3 rings (SSSR count). The monoisotopic (exact) mass is 315 g/mol. The maximum absolute atomic E-state index is 5.73. The molecule has 0 aliphatic carbocycles. The standard InChI is InChI=1S/C14H10BrN3O/c1-9-14(19-11-6-10(15)7-16-8-11)18-13-5-3-2-4-12(13)17-9/h2-8H,1H3. The Morgan fingerprint density at radius 2 is 1.79 bits per heavy atom. The van der Waals surface area contributed by atoms with E-state index < -0.39 is 0 Å². The van der Waals surface area contributed by atoms with Crippen LogP contribution in [0.25, 0.3) is 11.0 Å². The summed E-state index contributed by atoms with van der Waals surface area (Å²) in [5.74, 6) is 1.13. The van der Waals surface area contributed by atoms with E-state index in [1.165, 1.54) is 0 Å². The zero-order chi connectivity index (χ0) is 13.2. The van der Waals surface area contributed by atoms with E-state index in [2.05, 4.69) is 30.9 Å². The molecule has 3 aromatic rings. The van der Waals surface area contributed by atoms with Crippen molar-refractivity contribution < 1.29 is 4.74 Å². The maximum Gasteiger partial charge on any atom is 0.241 e. The minimum Gasteiger partial charge on any atom is -0.436 e. The van der Waals surface area contributed by atoms with E-state index in [9.17, 15) is 0 Å². The van der Waals surface area contributed by atoms with Crippen molar-refractivity contribution in [3.8, 4) is 11.6 Å². The number of pyridine rings is 1. The molecule has 4 nitrogen and oxygen atoms in total. The molecule has 1 aromatic carbocycles. The van der Waals surface area contributed by atoms with E-state index in [0.29, 0.717) is 11.6 Å². The number of nitrogens with zero attached hydrogens (tertiary/aromatic N) is 3. The summed E-state index contributed by atoms with van der Waals surface area (Å²) in [6, 6.07) is 9.54. The number of rotatable bonds is 2. The van der Waals surface area contributed by atoms with Crippen molar-refractivity contribution in [3.05, 3.63) is 52.9 Å². The van der Waals surface area contributed by atoms with Crippen LogP contribution in [0.1, 0.15) is 5.69 Å². The van der Waals surface area contributed by atoms with Gasteiger partial charge in [0.05, 0.1) is 17.2 Å². The molecule has 94 valence electrons. The van der Waals surface area contributed by atoms with Gasteiger partial charge < -0.3 is 4.74 Å². The number of ether oxygens (including phenoxy) is 1. The second kappa shape index (κ2) is 4.93. The van der Waals surface area contributed by atoms with Gasteiger partial charge in [-0.3, -0.25) is 4.98 Å². The molecule has 0 saturated heterocycles. The summed E-state index contributed by atoms with van der Waals surface area (Å²) in [7, 11) is 0. The first kappa shape index (κ1) is 12.0. The smallest absolute Gasteiger partial charge is 0.241 e. The Morgan fingerprint density at radius 3 is 2.53 bits per heavy atom. The lowest BCUT2D eigenvalue weighted by atomic mass is 10.3. The zero-order valence-electron chi connectivity index (χ0n) is 10.2. The molecule has 0 unspecified atom stereocenters. The number of fused-ring (bicyclic) bond motifs is 1. The summed E-state index contributed by atoms with van der Waals surface area (Å²) in [6.45, 7) is 1.88. The Bertz CT molecular complexity index is 746. The highest BCUT2D eigenvalue weighted by atomic mass is 79.9. The molecule has 0 spiro atoms. The average Bonchev–Trinajstić information content (AvgIpc) is 2.40. The molecule has 0 atom stereocenters. The Morgan fingerprint density at radius 1 is 1.05 bits per heavy atom. The van der Waals surface area contributed by atoms with Gasteiger partial charge in [0.25, 0.3) is 0 Å². The first-order chi connectivity index (χ1) is 9.22. The van der Waals surface area contributed by atoms with Gasteiger partial charge in [0.2, 0.25) is 5.88 Å². The number of para-hydroxylation sites is 2. The molecular formula is C14H10BrN3O. The molecule has 0 fully saturated rings. The molecule has 0 aliphatic heterocycles. The predicted octanol–water partition coefficient (Wildman–Crippen LogP) is 3.89. The highest BCUT2D eigenvalue weighted by Crippen LogP contribution is 2.25. The Labute approximate surface area is 118 Å². The van der Waals surface area contributed by atoms with Crippen molar-refractivity contribution in [1.29, 1.82) is 0 Å². The van der Waals surface area contributed by atoms with Crippen LogP contribution in [-0.2, 0) is 0 Å².